The molecule has 0 spiro atoms. The number of nitrogens with one attached hydrogen (secondary N) is 2. The molecule has 2 aromatic carbocycles. The fourth-order valence-electron chi connectivity index (χ4n) is 2.91. The number of aryl methyl sites for hydroxylation is 1. The number of guanidine groups is 1. The van der Waals surface area contributed by atoms with E-state index in [1.54, 1.807) is 24.1 Å². The lowest BCUT2D eigenvalue weighted by Crippen LogP contribution is -2.36. The minimum Gasteiger partial charge on any atom is -0.491 e. The molecule has 0 atom stereocenters. The summed E-state index contributed by atoms with van der Waals surface area (Å²) < 4.78 is 25.4. The summed E-state index contributed by atoms with van der Waals surface area (Å²) in [7, 11) is 5.35. The molecule has 0 heterocycles. The van der Waals surface area contributed by atoms with E-state index in [0.717, 1.165) is 22.4 Å². The summed E-state index contributed by atoms with van der Waals surface area (Å²) in [6, 6.07) is 11.3. The molecule has 0 aliphatic rings. The van der Waals surface area contributed by atoms with Crippen molar-refractivity contribution in [2.45, 2.75) is 26.9 Å². The van der Waals surface area contributed by atoms with Crippen LogP contribution in [0.5, 0.6) is 5.75 Å². The monoisotopic (exact) mass is 416 g/mol. The van der Waals surface area contributed by atoms with Crippen LogP contribution in [-0.2, 0) is 17.8 Å². The molecule has 0 saturated carbocycles. The van der Waals surface area contributed by atoms with Crippen molar-refractivity contribution in [2.75, 3.05) is 45.9 Å². The molecule has 2 rings (SSSR count). The van der Waals surface area contributed by atoms with Crippen molar-refractivity contribution in [1.82, 2.24) is 10.6 Å². The van der Waals surface area contributed by atoms with Gasteiger partial charge in [-0.2, -0.15) is 0 Å². The SMILES string of the molecule is CCOCCOc1cc(C)ccc1CNC(=NC)NCc1ccc(N(C)C)c(F)c1. The average Bonchev–Trinajstić information content (AvgIpc) is 2.72. The summed E-state index contributed by atoms with van der Waals surface area (Å²) in [4.78, 5) is 6.00. The molecule has 7 heteroatoms. The first-order valence-electron chi connectivity index (χ1n) is 10.1. The molecule has 0 fully saturated rings. The Kier molecular flexibility index (Phi) is 9.41. The van der Waals surface area contributed by atoms with Gasteiger partial charge in [-0.1, -0.05) is 18.2 Å². The maximum absolute atomic E-state index is 14.2. The van der Waals surface area contributed by atoms with Crippen LogP contribution in [0.25, 0.3) is 0 Å². The normalized spacial score (nSPS) is 11.3. The van der Waals surface area contributed by atoms with Crippen molar-refractivity contribution >= 4 is 11.6 Å². The maximum Gasteiger partial charge on any atom is 0.191 e. The predicted octanol–water partition coefficient (Wildman–Crippen LogP) is 3.48. The molecule has 0 radical (unpaired) electrons. The standard InChI is InChI=1S/C23H33FN4O2/c1-6-29-11-12-30-22-13-17(2)7-9-19(22)16-27-23(25-3)26-15-18-8-10-21(28(4)5)20(24)14-18/h7-10,13-14H,6,11-12,15-16H2,1-5H3,(H2,25,26,27). The summed E-state index contributed by atoms with van der Waals surface area (Å²) in [5.41, 5.74) is 3.58. The molecule has 164 valence electrons. The third-order valence-corrected chi connectivity index (χ3v) is 4.54. The summed E-state index contributed by atoms with van der Waals surface area (Å²) in [5.74, 6) is 1.22. The van der Waals surface area contributed by atoms with Crippen LogP contribution in [0.1, 0.15) is 23.6 Å². The molecule has 30 heavy (non-hydrogen) atoms. The number of halogens is 1. The Labute approximate surface area is 179 Å². The van der Waals surface area contributed by atoms with E-state index >= 15 is 0 Å². The molecular weight excluding hydrogens is 383 g/mol. The molecule has 0 aromatic heterocycles. The molecule has 0 saturated heterocycles. The van der Waals surface area contributed by atoms with Gasteiger partial charge in [0, 0.05) is 46.4 Å². The van der Waals surface area contributed by atoms with E-state index in [1.165, 1.54) is 0 Å². The number of aliphatic imine (C=N–C) groups is 1. The summed E-state index contributed by atoms with van der Waals surface area (Å²) >= 11 is 0. The minimum atomic E-state index is -0.240. The summed E-state index contributed by atoms with van der Waals surface area (Å²) in [5, 5.41) is 6.51. The van der Waals surface area contributed by atoms with Gasteiger partial charge in [0.25, 0.3) is 0 Å². The van der Waals surface area contributed by atoms with Crippen LogP contribution in [-0.4, -0.2) is 46.9 Å². The van der Waals surface area contributed by atoms with Crippen molar-refractivity contribution in [3.63, 3.8) is 0 Å². The van der Waals surface area contributed by atoms with Crippen LogP contribution in [0.2, 0.25) is 0 Å². The Morgan fingerprint density at radius 1 is 1.07 bits per heavy atom. The fraction of sp³-hybridized carbons (Fsp3) is 0.435. The van der Waals surface area contributed by atoms with Crippen LogP contribution in [0, 0.1) is 12.7 Å². The van der Waals surface area contributed by atoms with E-state index in [1.807, 2.05) is 46.1 Å². The number of nitrogens with zero attached hydrogens (tertiary/aromatic N) is 2. The molecule has 6 nitrogen and oxygen atoms in total. The van der Waals surface area contributed by atoms with Crippen LogP contribution in [0.15, 0.2) is 41.4 Å². The number of hydrogen-bond acceptors (Lipinski definition) is 4. The number of rotatable bonds is 10. The zero-order valence-electron chi connectivity index (χ0n) is 18.6. The van der Waals surface area contributed by atoms with Crippen molar-refractivity contribution in [3.8, 4) is 5.75 Å². The van der Waals surface area contributed by atoms with Crippen LogP contribution < -0.4 is 20.3 Å². The molecule has 2 aromatic rings. The van der Waals surface area contributed by atoms with E-state index in [2.05, 4.69) is 21.7 Å². The highest BCUT2D eigenvalue weighted by molar-refractivity contribution is 5.79. The van der Waals surface area contributed by atoms with Gasteiger partial charge in [-0.3, -0.25) is 4.99 Å². The van der Waals surface area contributed by atoms with E-state index in [9.17, 15) is 4.39 Å². The second-order valence-electron chi connectivity index (χ2n) is 7.12. The highest BCUT2D eigenvalue weighted by Gasteiger charge is 2.08. The Balaban J connectivity index is 1.93. The predicted molar refractivity (Wildman–Crippen MR) is 121 cm³/mol. The van der Waals surface area contributed by atoms with Crippen molar-refractivity contribution in [3.05, 3.63) is 58.9 Å². The molecule has 0 bridgehead atoms. The van der Waals surface area contributed by atoms with Gasteiger partial charge in [-0.15, -0.1) is 0 Å². The van der Waals surface area contributed by atoms with Crippen molar-refractivity contribution < 1.29 is 13.9 Å². The average molecular weight is 417 g/mol. The Hall–Kier alpha value is -2.80. The molecule has 0 aliphatic carbocycles. The largest absolute Gasteiger partial charge is 0.491 e. The van der Waals surface area contributed by atoms with Crippen molar-refractivity contribution in [1.29, 1.82) is 0 Å². The van der Waals surface area contributed by atoms with Crippen LogP contribution >= 0.6 is 0 Å². The third kappa shape index (κ3) is 7.22. The van der Waals surface area contributed by atoms with E-state index in [4.69, 9.17) is 9.47 Å². The topological polar surface area (TPSA) is 58.1 Å². The van der Waals surface area contributed by atoms with Gasteiger partial charge in [-0.25, -0.2) is 4.39 Å². The van der Waals surface area contributed by atoms with E-state index < -0.39 is 0 Å². The molecule has 0 aliphatic heterocycles. The lowest BCUT2D eigenvalue weighted by Gasteiger charge is -2.17. The third-order valence-electron chi connectivity index (χ3n) is 4.54. The van der Waals surface area contributed by atoms with Gasteiger partial charge in [0.2, 0.25) is 0 Å². The minimum absolute atomic E-state index is 0.240. The van der Waals surface area contributed by atoms with Crippen molar-refractivity contribution in [2.24, 2.45) is 4.99 Å². The maximum atomic E-state index is 14.2. The highest BCUT2D eigenvalue weighted by Crippen LogP contribution is 2.20. The van der Waals surface area contributed by atoms with Gasteiger partial charge in [0.15, 0.2) is 5.96 Å². The Bertz CT molecular complexity index is 840. The number of benzene rings is 2. The summed E-state index contributed by atoms with van der Waals surface area (Å²) in [6.07, 6.45) is 0. The first kappa shape index (κ1) is 23.5. The number of ether oxygens (including phenoxy) is 2. The highest BCUT2D eigenvalue weighted by atomic mass is 19.1. The van der Waals surface area contributed by atoms with Crippen LogP contribution in [0.4, 0.5) is 10.1 Å². The lowest BCUT2D eigenvalue weighted by atomic mass is 10.1. The first-order chi connectivity index (χ1) is 14.4. The zero-order valence-corrected chi connectivity index (χ0v) is 18.6. The van der Waals surface area contributed by atoms with Gasteiger partial charge >= 0.3 is 0 Å². The number of hydrogen-bond donors (Lipinski definition) is 2. The fourth-order valence-corrected chi connectivity index (χ4v) is 2.91. The second kappa shape index (κ2) is 12.0. The lowest BCUT2D eigenvalue weighted by molar-refractivity contribution is 0.110. The Morgan fingerprint density at radius 2 is 1.83 bits per heavy atom. The van der Waals surface area contributed by atoms with E-state index in [-0.39, 0.29) is 5.82 Å². The first-order valence-corrected chi connectivity index (χ1v) is 10.1. The summed E-state index contributed by atoms with van der Waals surface area (Å²) in [6.45, 7) is 6.76. The molecule has 2 N–H and O–H groups in total. The van der Waals surface area contributed by atoms with Gasteiger partial charge in [-0.05, 0) is 43.2 Å². The molecule has 0 unspecified atom stereocenters. The van der Waals surface area contributed by atoms with E-state index in [0.29, 0.717) is 44.6 Å². The van der Waals surface area contributed by atoms with Crippen LogP contribution in [0.3, 0.4) is 0 Å². The quantitative estimate of drug-likeness (QED) is 0.353. The zero-order chi connectivity index (χ0) is 21.9. The Morgan fingerprint density at radius 3 is 2.50 bits per heavy atom. The van der Waals surface area contributed by atoms with Gasteiger partial charge in [0.05, 0.1) is 12.3 Å². The van der Waals surface area contributed by atoms with Gasteiger partial charge in [0.1, 0.15) is 18.2 Å². The molecular formula is C23H33FN4O2. The second-order valence-corrected chi connectivity index (χ2v) is 7.12. The molecule has 0 amide bonds. The smallest absolute Gasteiger partial charge is 0.191 e. The van der Waals surface area contributed by atoms with Gasteiger partial charge < -0.3 is 25.0 Å². The number of anilines is 1.